The average molecular weight is 1030 g/mol. The van der Waals surface area contributed by atoms with Crippen LogP contribution in [-0.4, -0.2) is 120 Å². The number of ether oxygens (including phenoxy) is 5. The average Bonchev–Trinajstić information content (AvgIpc) is 3.38. The minimum Gasteiger partial charge on any atom is -0.459 e. The van der Waals surface area contributed by atoms with Gasteiger partial charge < -0.3 is 49.2 Å². The van der Waals surface area contributed by atoms with Crippen molar-refractivity contribution in [2.75, 3.05) is 65.2 Å². The lowest BCUT2D eigenvalue weighted by molar-refractivity contribution is -0.384. The van der Waals surface area contributed by atoms with E-state index in [2.05, 4.69) is 24.9 Å². The summed E-state index contributed by atoms with van der Waals surface area (Å²) in [5.41, 5.74) is 2.63. The highest BCUT2D eigenvalue weighted by Gasteiger charge is 2.65. The van der Waals surface area contributed by atoms with Crippen LogP contribution in [0.1, 0.15) is 133 Å². The highest BCUT2D eigenvalue weighted by molar-refractivity contribution is 6.18. The van der Waals surface area contributed by atoms with Gasteiger partial charge in [0.25, 0.3) is 5.69 Å². The molecular formula is C54H79ClN4O13. The third-order valence-electron chi connectivity index (χ3n) is 13.8. The number of nitrogens with zero attached hydrogens (tertiary/aromatic N) is 3. The fourth-order valence-corrected chi connectivity index (χ4v) is 10.5. The van der Waals surface area contributed by atoms with Gasteiger partial charge in [0.15, 0.2) is 0 Å². The van der Waals surface area contributed by atoms with E-state index < -0.39 is 40.8 Å². The van der Waals surface area contributed by atoms with Gasteiger partial charge in [-0.15, -0.1) is 18.2 Å². The third kappa shape index (κ3) is 16.6. The topological polar surface area (TPSA) is 221 Å². The lowest BCUT2D eigenvalue weighted by Gasteiger charge is -2.59. The van der Waals surface area contributed by atoms with Gasteiger partial charge in [-0.2, -0.15) is 0 Å². The summed E-state index contributed by atoms with van der Waals surface area (Å²) < 4.78 is 31.7. The van der Waals surface area contributed by atoms with E-state index in [0.29, 0.717) is 61.4 Å². The largest absolute Gasteiger partial charge is 0.459 e. The molecule has 72 heavy (non-hydrogen) atoms. The summed E-state index contributed by atoms with van der Waals surface area (Å²) in [6.45, 7) is 6.49. The Labute approximate surface area is 430 Å². The van der Waals surface area contributed by atoms with E-state index in [1.165, 1.54) is 62.0 Å². The molecule has 2 aromatic rings. The molecular weight excluding hydrogens is 948 g/mol. The Morgan fingerprint density at radius 3 is 2.31 bits per heavy atom. The molecule has 4 N–H and O–H groups in total. The Kier molecular flexibility index (Phi) is 25.6. The van der Waals surface area contributed by atoms with Gasteiger partial charge in [-0.1, -0.05) is 94.9 Å². The minimum atomic E-state index is -1.62. The number of halogens is 1. The molecule has 2 aliphatic carbocycles. The van der Waals surface area contributed by atoms with Gasteiger partial charge in [-0.3, -0.25) is 15.0 Å². The predicted octanol–water partition coefficient (Wildman–Crippen LogP) is 10.1. The first kappa shape index (κ1) is 58.1. The molecule has 0 aromatic heterocycles. The number of alkyl halides is 1. The second-order valence-electron chi connectivity index (χ2n) is 18.8. The number of oxime groups is 1. The first-order valence-corrected chi connectivity index (χ1v) is 26.8. The number of fused-ring (bicyclic) bond motifs is 2. The number of unbranched alkanes of at least 4 members (excludes halogenated alkanes) is 11. The Morgan fingerprint density at radius 1 is 0.931 bits per heavy atom. The summed E-state index contributed by atoms with van der Waals surface area (Å²) in [4.78, 5) is 46.3. The first-order chi connectivity index (χ1) is 35.2. The zero-order valence-electron chi connectivity index (χ0n) is 42.2. The fourth-order valence-electron chi connectivity index (χ4n) is 10.5. The van der Waals surface area contributed by atoms with E-state index in [1.54, 1.807) is 30.3 Å². The zero-order valence-corrected chi connectivity index (χ0v) is 43.0. The third-order valence-corrected chi connectivity index (χ3v) is 14.0. The van der Waals surface area contributed by atoms with Gasteiger partial charge in [0.05, 0.1) is 48.9 Å². The molecule has 6 atom stereocenters. The van der Waals surface area contributed by atoms with Gasteiger partial charge in [-0.25, -0.2) is 9.59 Å². The van der Waals surface area contributed by atoms with E-state index in [-0.39, 0.29) is 89.2 Å². The molecule has 0 unspecified atom stereocenters. The monoisotopic (exact) mass is 1030 g/mol. The smallest absolute Gasteiger partial charge is 0.412 e. The highest BCUT2D eigenvalue weighted by Crippen LogP contribution is 2.62. The number of amides is 2. The molecule has 1 fully saturated rings. The van der Waals surface area contributed by atoms with Crippen LogP contribution in [0.25, 0.3) is 0 Å². The molecule has 2 amide bonds. The second kappa shape index (κ2) is 31.7. The van der Waals surface area contributed by atoms with E-state index >= 15 is 0 Å². The number of aliphatic hydroxyl groups excluding tert-OH is 3. The van der Waals surface area contributed by atoms with E-state index in [4.69, 9.17) is 45.3 Å². The van der Waals surface area contributed by atoms with Crippen molar-refractivity contribution in [2.45, 2.75) is 140 Å². The lowest BCUT2D eigenvalue weighted by Crippen LogP contribution is -2.70. The van der Waals surface area contributed by atoms with Crippen molar-refractivity contribution in [3.05, 3.63) is 88.0 Å². The number of hydrogen-bond donors (Lipinski definition) is 4. The Bertz CT molecular complexity index is 2040. The molecule has 1 heterocycles. The number of allylic oxidation sites excluding steroid dienone is 1. The number of non-ortho nitro benzene ring substituents is 1. The summed E-state index contributed by atoms with van der Waals surface area (Å²) in [5, 5.41) is 48.7. The van der Waals surface area contributed by atoms with Crippen molar-refractivity contribution in [1.29, 1.82) is 0 Å². The number of nitro groups is 1. The standard InChI is InChI=1S/C54H79ClN4O13/c1-3-5-6-7-8-9-10-11-12-15-27-56-52(63)71-43-24-25-48-46(37-43)50-44(19-14-17-30-61)41(18-13-16-29-60)36-45-47(57-70-39-40-20-22-42(23-21-40)59(65)66)38-49(54(72-48,51(45)50)69-32-4-2)58(28-34-67-35-31-62)53(64)68-33-26-55/h4,20-25,36-37,41,44,49-51,60-62H,2-3,5-19,26-35,38-39H2,1H3,(H,56,63)/t41-,44+,49-,50+,51+,54+/m0/s1. The molecule has 0 radical (unpaired) electrons. The molecule has 0 bridgehead atoms. The SMILES string of the molecule is C=CCO[C@@]12Oc3ccc(OC(=O)NCCCCCCCCCCCC)cc3[C@H]3[C@H](CCCCO)[C@@H](CCCCO)C=C(C(=NOCc4ccc([N+](=O)[O-])cc4)C[C@@H]1N(CCOCCO)C(=O)OCCCl)[C@H]32. The van der Waals surface area contributed by atoms with Gasteiger partial charge >= 0.3 is 12.2 Å². The summed E-state index contributed by atoms with van der Waals surface area (Å²) in [7, 11) is 0. The van der Waals surface area contributed by atoms with E-state index in [9.17, 15) is 35.0 Å². The maximum absolute atomic E-state index is 14.4. The van der Waals surface area contributed by atoms with Crippen LogP contribution in [-0.2, 0) is 25.7 Å². The van der Waals surface area contributed by atoms with Gasteiger partial charge in [0.1, 0.15) is 30.8 Å². The highest BCUT2D eigenvalue weighted by atomic mass is 35.5. The lowest BCUT2D eigenvalue weighted by atomic mass is 9.55. The van der Waals surface area contributed by atoms with Crippen LogP contribution in [0.5, 0.6) is 11.5 Å². The molecule has 0 saturated heterocycles. The van der Waals surface area contributed by atoms with Gasteiger partial charge in [0, 0.05) is 56.3 Å². The van der Waals surface area contributed by atoms with Crippen molar-refractivity contribution < 1.29 is 58.4 Å². The maximum atomic E-state index is 14.4. The van der Waals surface area contributed by atoms with E-state index in [0.717, 1.165) is 36.8 Å². The first-order valence-electron chi connectivity index (χ1n) is 26.2. The van der Waals surface area contributed by atoms with Crippen LogP contribution in [0.15, 0.2) is 71.9 Å². The van der Waals surface area contributed by atoms with Gasteiger partial charge in [0.2, 0.25) is 5.79 Å². The van der Waals surface area contributed by atoms with Crippen molar-refractivity contribution in [3.8, 4) is 11.5 Å². The van der Waals surface area contributed by atoms with Crippen molar-refractivity contribution >= 4 is 35.2 Å². The van der Waals surface area contributed by atoms with Crippen LogP contribution >= 0.6 is 11.6 Å². The second-order valence-corrected chi connectivity index (χ2v) is 19.2. The molecule has 1 aliphatic heterocycles. The summed E-state index contributed by atoms with van der Waals surface area (Å²) in [6, 6.07) is 10.4. The number of carbonyl (C=O) groups is 2. The molecule has 0 spiro atoms. The Hall–Kier alpha value is -4.78. The van der Waals surface area contributed by atoms with Crippen LogP contribution in [0.3, 0.4) is 0 Å². The molecule has 1 saturated carbocycles. The number of aliphatic hydroxyl groups is 3. The van der Waals surface area contributed by atoms with Crippen molar-refractivity contribution in [1.82, 2.24) is 10.2 Å². The quantitative estimate of drug-likeness (QED) is 0.0166. The number of nitro benzene ring substituents is 1. The molecule has 2 aromatic carbocycles. The van der Waals surface area contributed by atoms with Crippen LogP contribution < -0.4 is 14.8 Å². The zero-order chi connectivity index (χ0) is 51.6. The number of benzene rings is 2. The van der Waals surface area contributed by atoms with Crippen LogP contribution in [0, 0.1) is 27.9 Å². The maximum Gasteiger partial charge on any atom is 0.412 e. The molecule has 18 heteroatoms. The van der Waals surface area contributed by atoms with E-state index in [1.807, 2.05) is 6.07 Å². The minimum absolute atomic E-state index is 0.000698. The van der Waals surface area contributed by atoms with Crippen LogP contribution in [0.4, 0.5) is 15.3 Å². The van der Waals surface area contributed by atoms with Crippen molar-refractivity contribution in [3.63, 3.8) is 0 Å². The number of rotatable bonds is 35. The summed E-state index contributed by atoms with van der Waals surface area (Å²) in [5.74, 6) is -2.06. The van der Waals surface area contributed by atoms with Gasteiger partial charge in [-0.05, 0) is 85.4 Å². The Morgan fingerprint density at radius 2 is 1.64 bits per heavy atom. The normalized spacial score (nSPS) is 21.4. The molecule has 400 valence electrons. The summed E-state index contributed by atoms with van der Waals surface area (Å²) >= 11 is 6.05. The Balaban J connectivity index is 1.59. The summed E-state index contributed by atoms with van der Waals surface area (Å²) in [6.07, 6.45) is 18.4. The molecule has 3 aliphatic rings. The predicted molar refractivity (Wildman–Crippen MR) is 275 cm³/mol. The number of nitrogens with one attached hydrogen (secondary N) is 1. The number of hydrogen-bond acceptors (Lipinski definition) is 14. The van der Waals surface area contributed by atoms with Crippen molar-refractivity contribution in [2.24, 2.45) is 22.9 Å². The van der Waals surface area contributed by atoms with Crippen LogP contribution in [0.2, 0.25) is 0 Å². The molecule has 17 nitrogen and oxygen atoms in total. The number of carbonyl (C=O) groups excluding carboxylic acids is 2. The molecule has 5 rings (SSSR count). The fraction of sp³-hybridized carbons (Fsp3) is 0.648.